The molecule has 0 atom stereocenters. The second-order valence-corrected chi connectivity index (χ2v) is 8.18. The molecule has 1 aliphatic rings. The molecule has 1 fully saturated rings. The van der Waals surface area contributed by atoms with Gasteiger partial charge < -0.3 is 21.4 Å². The van der Waals surface area contributed by atoms with Crippen LogP contribution in [0, 0.1) is 13.3 Å². The van der Waals surface area contributed by atoms with Crippen molar-refractivity contribution in [1.82, 2.24) is 9.97 Å². The summed E-state index contributed by atoms with van der Waals surface area (Å²) in [4.78, 5) is 33.5. The van der Waals surface area contributed by atoms with Gasteiger partial charge in [0.05, 0.1) is 26.0 Å². The number of nitrogens with zero attached hydrogens (tertiary/aromatic N) is 2. The Morgan fingerprint density at radius 2 is 2.10 bits per heavy atom. The quantitative estimate of drug-likeness (QED) is 0.362. The van der Waals surface area contributed by atoms with E-state index in [9.17, 15) is 14.7 Å². The van der Waals surface area contributed by atoms with E-state index in [4.69, 9.17) is 23.2 Å². The molecular formula is C18H15Cl2N4NiO3S-. The van der Waals surface area contributed by atoms with Crippen molar-refractivity contribution in [2.75, 3.05) is 23.3 Å². The van der Waals surface area contributed by atoms with Crippen molar-refractivity contribution in [2.24, 2.45) is 0 Å². The maximum Gasteiger partial charge on any atom is 0.335 e. The van der Waals surface area contributed by atoms with Crippen LogP contribution in [0.4, 0.5) is 10.8 Å². The molecule has 1 aliphatic heterocycles. The fraction of sp³-hybridized carbons (Fsp3) is 0.222. The standard InChI is InChI=1S/C18H15Cl2N4O3S.Ni/c1-8-12(19)13(20)15(21-8)16(25)23-18-22-14-10(24-4-2-3-5-24)6-9(17(26)27)7-11(14)28-18;/h2,6-7,21H,3-5H2,1H3,(H,26,27)(H,22,23,25);/q-1;. The SMILES string of the molecule is Cc1[nH]c(C(=O)Nc2nc3c(N4C[CH-]CC4)cc(C(=O)O)cc3s2)c(Cl)c1Cl.[Ni]. The Morgan fingerprint density at radius 3 is 2.69 bits per heavy atom. The number of aromatic amines is 1. The summed E-state index contributed by atoms with van der Waals surface area (Å²) in [6.45, 7) is 3.25. The van der Waals surface area contributed by atoms with Crippen LogP contribution in [0.15, 0.2) is 12.1 Å². The Balaban J connectivity index is 0.00000240. The average molecular weight is 497 g/mol. The molecule has 0 aliphatic carbocycles. The number of nitrogens with one attached hydrogen (secondary N) is 2. The summed E-state index contributed by atoms with van der Waals surface area (Å²) in [6, 6.07) is 3.19. The summed E-state index contributed by atoms with van der Waals surface area (Å²) < 4.78 is 0.684. The van der Waals surface area contributed by atoms with E-state index in [2.05, 4.69) is 26.6 Å². The minimum Gasteiger partial charge on any atom is -0.478 e. The van der Waals surface area contributed by atoms with Gasteiger partial charge >= 0.3 is 5.97 Å². The third-order valence-corrected chi connectivity index (χ3v) is 6.38. The molecule has 3 aromatic rings. The normalized spacial score (nSPS) is 13.6. The second-order valence-electron chi connectivity index (χ2n) is 6.40. The average Bonchev–Trinajstić information content (AvgIpc) is 3.37. The van der Waals surface area contributed by atoms with Gasteiger partial charge in [-0.3, -0.25) is 10.1 Å². The summed E-state index contributed by atoms with van der Waals surface area (Å²) in [5, 5.41) is 13.0. The molecule has 4 rings (SSSR count). The number of rotatable bonds is 4. The van der Waals surface area contributed by atoms with Gasteiger partial charge in [-0.25, -0.2) is 9.78 Å². The van der Waals surface area contributed by atoms with Gasteiger partial charge in [-0.05, 0) is 25.6 Å². The van der Waals surface area contributed by atoms with Crippen LogP contribution in [0.5, 0.6) is 0 Å². The third-order valence-electron chi connectivity index (χ3n) is 4.52. The van der Waals surface area contributed by atoms with Crippen molar-refractivity contribution in [2.45, 2.75) is 13.3 Å². The van der Waals surface area contributed by atoms with E-state index in [0.29, 0.717) is 26.1 Å². The minimum atomic E-state index is -1.01. The van der Waals surface area contributed by atoms with Gasteiger partial charge in [-0.15, -0.1) is 6.54 Å². The number of hydrogen-bond donors (Lipinski definition) is 3. The minimum absolute atomic E-state index is 0. The zero-order valence-corrected chi connectivity index (χ0v) is 18.3. The number of aryl methyl sites for hydroxylation is 1. The summed E-state index contributed by atoms with van der Waals surface area (Å²) >= 11 is 13.3. The molecule has 11 heteroatoms. The van der Waals surface area contributed by atoms with Crippen LogP contribution in [-0.4, -0.2) is 40.0 Å². The summed E-state index contributed by atoms with van der Waals surface area (Å²) in [5.74, 6) is -1.47. The first-order valence-electron chi connectivity index (χ1n) is 8.44. The van der Waals surface area contributed by atoms with E-state index in [0.717, 1.165) is 25.2 Å². The number of carbonyl (C=O) groups excluding carboxylic acids is 1. The Hall–Kier alpha value is -1.80. The second kappa shape index (κ2) is 8.52. The van der Waals surface area contributed by atoms with Gasteiger partial charge in [0, 0.05) is 22.2 Å². The van der Waals surface area contributed by atoms with Crippen LogP contribution >= 0.6 is 34.5 Å². The number of amides is 1. The number of carboxylic acids is 1. The molecule has 0 unspecified atom stereocenters. The Bertz CT molecular complexity index is 1110. The molecular weight excluding hydrogens is 482 g/mol. The zero-order valence-electron chi connectivity index (χ0n) is 15.0. The number of aromatic nitrogens is 2. The Labute approximate surface area is 190 Å². The van der Waals surface area contributed by atoms with Crippen LogP contribution in [0.3, 0.4) is 0 Å². The van der Waals surface area contributed by atoms with Crippen LogP contribution in [0.2, 0.25) is 10.0 Å². The molecule has 156 valence electrons. The Morgan fingerprint density at radius 1 is 1.34 bits per heavy atom. The van der Waals surface area contributed by atoms with E-state index in [1.54, 1.807) is 19.1 Å². The number of halogens is 2. The molecule has 7 nitrogen and oxygen atoms in total. The number of hydrogen-bond acceptors (Lipinski definition) is 5. The summed E-state index contributed by atoms with van der Waals surface area (Å²) in [5.41, 5.74) is 2.35. The largest absolute Gasteiger partial charge is 0.478 e. The first-order valence-corrected chi connectivity index (χ1v) is 10.0. The van der Waals surface area contributed by atoms with Gasteiger partial charge in [0.2, 0.25) is 0 Å². The molecule has 1 amide bonds. The Kier molecular flexibility index (Phi) is 6.43. The van der Waals surface area contributed by atoms with Gasteiger partial charge in [0.1, 0.15) is 11.2 Å². The van der Waals surface area contributed by atoms with E-state index in [1.165, 1.54) is 11.3 Å². The van der Waals surface area contributed by atoms with Gasteiger partial charge in [-0.1, -0.05) is 34.5 Å². The maximum atomic E-state index is 12.6. The van der Waals surface area contributed by atoms with Crippen molar-refractivity contribution in [3.05, 3.63) is 45.6 Å². The summed E-state index contributed by atoms with van der Waals surface area (Å²) in [7, 11) is 0. The number of H-pyrrole nitrogens is 1. The number of thiazole rings is 1. The molecule has 0 radical (unpaired) electrons. The molecule has 0 saturated carbocycles. The van der Waals surface area contributed by atoms with Crippen molar-refractivity contribution in [3.63, 3.8) is 0 Å². The molecule has 1 aromatic carbocycles. The number of fused-ring (bicyclic) bond motifs is 1. The molecule has 0 spiro atoms. The molecule has 0 bridgehead atoms. The number of carboxylic acid groups (broad SMARTS) is 1. The van der Waals surface area contributed by atoms with Crippen molar-refractivity contribution >= 4 is 67.5 Å². The number of anilines is 2. The van der Waals surface area contributed by atoms with Crippen molar-refractivity contribution in [1.29, 1.82) is 0 Å². The van der Waals surface area contributed by atoms with Crippen LogP contribution in [0.1, 0.15) is 33.0 Å². The number of benzene rings is 1. The fourth-order valence-electron chi connectivity index (χ4n) is 3.12. The topological polar surface area (TPSA) is 98.3 Å². The molecule has 3 heterocycles. The van der Waals surface area contributed by atoms with Gasteiger partial charge in [0.15, 0.2) is 5.13 Å². The van der Waals surface area contributed by atoms with Gasteiger partial charge in [0.25, 0.3) is 5.91 Å². The van der Waals surface area contributed by atoms with E-state index >= 15 is 0 Å². The zero-order chi connectivity index (χ0) is 20.0. The van der Waals surface area contributed by atoms with Gasteiger partial charge in [-0.2, -0.15) is 6.42 Å². The smallest absolute Gasteiger partial charge is 0.335 e. The monoisotopic (exact) mass is 495 g/mol. The van der Waals surface area contributed by atoms with E-state index in [-0.39, 0.29) is 32.8 Å². The molecule has 1 saturated heterocycles. The number of aromatic carboxylic acids is 1. The van der Waals surface area contributed by atoms with E-state index < -0.39 is 11.9 Å². The number of carbonyl (C=O) groups is 2. The maximum absolute atomic E-state index is 12.6. The molecule has 2 aromatic heterocycles. The van der Waals surface area contributed by atoms with Crippen LogP contribution in [-0.2, 0) is 16.5 Å². The van der Waals surface area contributed by atoms with Crippen LogP contribution in [0.25, 0.3) is 10.2 Å². The first kappa shape index (κ1) is 21.9. The van der Waals surface area contributed by atoms with Crippen LogP contribution < -0.4 is 10.2 Å². The summed E-state index contributed by atoms with van der Waals surface area (Å²) in [6.07, 6.45) is 3.06. The van der Waals surface area contributed by atoms with Crippen molar-refractivity contribution in [3.8, 4) is 0 Å². The predicted molar refractivity (Wildman–Crippen MR) is 111 cm³/mol. The first-order chi connectivity index (χ1) is 13.3. The fourth-order valence-corrected chi connectivity index (χ4v) is 4.46. The third kappa shape index (κ3) is 4.10. The van der Waals surface area contributed by atoms with E-state index in [1.807, 2.05) is 0 Å². The van der Waals surface area contributed by atoms with Crippen molar-refractivity contribution < 1.29 is 31.2 Å². The predicted octanol–water partition coefficient (Wildman–Crippen LogP) is 4.60. The molecule has 29 heavy (non-hydrogen) atoms. The molecule has 3 N–H and O–H groups in total.